The summed E-state index contributed by atoms with van der Waals surface area (Å²) in [6.45, 7) is 0.219. The van der Waals surface area contributed by atoms with Gasteiger partial charge in [-0.2, -0.15) is 5.10 Å². The average molecular weight is 564 g/mol. The molecule has 2 fully saturated rings. The second-order valence-electron chi connectivity index (χ2n) is 10.0. The van der Waals surface area contributed by atoms with E-state index in [1.165, 1.54) is 16.8 Å². The minimum Gasteiger partial charge on any atom is -0.390 e. The van der Waals surface area contributed by atoms with Gasteiger partial charge in [0.2, 0.25) is 11.8 Å². The second kappa shape index (κ2) is 10.3. The number of halogens is 3. The summed E-state index contributed by atoms with van der Waals surface area (Å²) >= 11 is 0. The highest BCUT2D eigenvalue weighted by Crippen LogP contribution is 2.47. The molecule has 39 heavy (non-hydrogen) atoms. The Morgan fingerprint density at radius 2 is 1.82 bits per heavy atom. The normalized spacial score (nSPS) is 22.5. The third kappa shape index (κ3) is 5.50. The first-order valence-corrected chi connectivity index (χ1v) is 14.4. The number of benzene rings is 1. The van der Waals surface area contributed by atoms with Crippen LogP contribution >= 0.6 is 0 Å². The first-order chi connectivity index (χ1) is 18.5. The van der Waals surface area contributed by atoms with Gasteiger partial charge in [0.1, 0.15) is 5.82 Å². The quantitative estimate of drug-likeness (QED) is 0.472. The number of primary amides is 1. The van der Waals surface area contributed by atoms with Crippen molar-refractivity contribution in [3.8, 4) is 16.9 Å². The smallest absolute Gasteiger partial charge is 0.249 e. The zero-order valence-corrected chi connectivity index (χ0v) is 21.7. The molecule has 1 amide bonds. The van der Waals surface area contributed by atoms with E-state index in [1.54, 1.807) is 12.1 Å². The van der Waals surface area contributed by atoms with Crippen molar-refractivity contribution in [1.29, 1.82) is 0 Å². The number of hydrogen-bond acceptors (Lipinski definition) is 7. The van der Waals surface area contributed by atoms with E-state index >= 15 is 0 Å². The van der Waals surface area contributed by atoms with Gasteiger partial charge in [0.15, 0.2) is 15.7 Å². The Balaban J connectivity index is 1.60. The molecule has 1 saturated heterocycles. The summed E-state index contributed by atoms with van der Waals surface area (Å²) in [5.74, 6) is -6.06. The highest BCUT2D eigenvalue weighted by Gasteiger charge is 2.46. The first kappa shape index (κ1) is 27.1. The third-order valence-electron chi connectivity index (χ3n) is 7.49. The molecule has 5 rings (SSSR count). The lowest BCUT2D eigenvalue weighted by atomic mass is 9.74. The maximum atomic E-state index is 14.3. The molecule has 0 bridgehead atoms. The zero-order chi connectivity index (χ0) is 27.9. The van der Waals surface area contributed by atoms with Crippen molar-refractivity contribution >= 4 is 21.4 Å². The molecule has 1 aliphatic heterocycles. The van der Waals surface area contributed by atoms with Crippen LogP contribution < -0.4 is 10.6 Å². The highest BCUT2D eigenvalue weighted by atomic mass is 32.2. The lowest BCUT2D eigenvalue weighted by Crippen LogP contribution is -2.40. The van der Waals surface area contributed by atoms with Crippen molar-refractivity contribution in [2.45, 2.75) is 37.7 Å². The van der Waals surface area contributed by atoms with Gasteiger partial charge in [0, 0.05) is 43.1 Å². The summed E-state index contributed by atoms with van der Waals surface area (Å²) in [7, 11) is -3.05. The largest absolute Gasteiger partial charge is 0.390 e. The van der Waals surface area contributed by atoms with Crippen LogP contribution in [0, 0.1) is 11.7 Å². The fraction of sp³-hybridized carbons (Fsp3) is 0.423. The molecule has 3 aromatic rings. The van der Waals surface area contributed by atoms with Gasteiger partial charge < -0.3 is 15.7 Å². The summed E-state index contributed by atoms with van der Waals surface area (Å²) in [6.07, 6.45) is -0.210. The van der Waals surface area contributed by atoms with E-state index < -0.39 is 58.8 Å². The van der Waals surface area contributed by atoms with Crippen LogP contribution in [0.15, 0.2) is 42.6 Å². The minimum absolute atomic E-state index is 0.0489. The lowest BCUT2D eigenvalue weighted by Gasteiger charge is -2.34. The number of alkyl halides is 2. The van der Waals surface area contributed by atoms with Crippen molar-refractivity contribution in [3.63, 3.8) is 0 Å². The van der Waals surface area contributed by atoms with Gasteiger partial charge in [-0.25, -0.2) is 31.3 Å². The molecule has 2 aromatic heterocycles. The third-order valence-corrected chi connectivity index (χ3v) is 9.10. The maximum absolute atomic E-state index is 14.3. The number of rotatable bonds is 6. The minimum atomic E-state index is -3.05. The molecular weight excluding hydrogens is 535 g/mol. The zero-order valence-electron chi connectivity index (χ0n) is 20.9. The van der Waals surface area contributed by atoms with Gasteiger partial charge in [-0.15, -0.1) is 0 Å². The van der Waals surface area contributed by atoms with Crippen molar-refractivity contribution in [1.82, 2.24) is 14.8 Å². The number of aliphatic hydroxyl groups is 1. The van der Waals surface area contributed by atoms with Crippen molar-refractivity contribution in [2.24, 2.45) is 11.7 Å². The molecule has 3 N–H and O–H groups in total. The van der Waals surface area contributed by atoms with Gasteiger partial charge in [0.25, 0.3) is 0 Å². The molecular formula is C26H28F3N5O4S. The van der Waals surface area contributed by atoms with E-state index in [2.05, 4.69) is 10.1 Å². The summed E-state index contributed by atoms with van der Waals surface area (Å²) < 4.78 is 67.1. The number of aromatic nitrogens is 3. The summed E-state index contributed by atoms with van der Waals surface area (Å²) in [5, 5.41) is 15.0. The molecule has 3 heterocycles. The number of nitrogens with zero attached hydrogens (tertiary/aromatic N) is 4. The molecule has 2 aliphatic rings. The van der Waals surface area contributed by atoms with E-state index in [9.17, 15) is 31.5 Å². The number of carbonyl (C=O) groups is 1. The number of nitrogens with two attached hydrogens (primary N) is 1. The Morgan fingerprint density at radius 1 is 1.13 bits per heavy atom. The molecule has 1 saturated carbocycles. The van der Waals surface area contributed by atoms with Crippen molar-refractivity contribution < 1.29 is 31.5 Å². The molecule has 0 spiro atoms. The summed E-state index contributed by atoms with van der Waals surface area (Å²) in [6, 6.07) is 9.74. The number of aliphatic hydroxyl groups excluding tert-OH is 1. The second-order valence-corrected chi connectivity index (χ2v) is 12.3. The van der Waals surface area contributed by atoms with E-state index in [0.29, 0.717) is 35.6 Å². The molecule has 0 unspecified atom stereocenters. The van der Waals surface area contributed by atoms with Crippen molar-refractivity contribution in [3.05, 3.63) is 59.8 Å². The van der Waals surface area contributed by atoms with Gasteiger partial charge >= 0.3 is 0 Å². The molecule has 13 heteroatoms. The fourth-order valence-electron chi connectivity index (χ4n) is 5.44. The number of hydrogen-bond donors (Lipinski definition) is 2. The van der Waals surface area contributed by atoms with Gasteiger partial charge in [0.05, 0.1) is 41.6 Å². The molecule has 208 valence electrons. The van der Waals surface area contributed by atoms with Crippen LogP contribution in [0.4, 0.5) is 18.9 Å². The van der Waals surface area contributed by atoms with Crippen LogP contribution in [-0.4, -0.2) is 64.7 Å². The van der Waals surface area contributed by atoms with Gasteiger partial charge in [-0.3, -0.25) is 4.79 Å². The standard InChI is InChI=1S/C26H28F3N5O4S/c27-17-3-6-22(31-14-17)34-21(15-35)23(24(32-34)19-7-8-26(28,29)13-20(19)25(30)36)16-1-4-18(5-2-16)33-9-11-39(37,38)12-10-33/h1-6,14,19-20,35H,7-13,15H2,(H2,30,36)/t19-,20-/m1/s1. The van der Waals surface area contributed by atoms with Crippen LogP contribution in [0.3, 0.4) is 0 Å². The van der Waals surface area contributed by atoms with E-state index in [0.717, 1.165) is 11.9 Å². The summed E-state index contributed by atoms with van der Waals surface area (Å²) in [5.41, 5.74) is 8.06. The van der Waals surface area contributed by atoms with Crippen LogP contribution in [0.1, 0.15) is 36.6 Å². The molecule has 0 radical (unpaired) electrons. The van der Waals surface area contributed by atoms with Gasteiger partial charge in [-0.1, -0.05) is 12.1 Å². The Hall–Kier alpha value is -3.45. The van der Waals surface area contributed by atoms with Crippen LogP contribution in [-0.2, 0) is 21.2 Å². The first-order valence-electron chi connectivity index (χ1n) is 12.6. The number of carbonyl (C=O) groups excluding carboxylic acids is 1. The number of anilines is 1. The average Bonchev–Trinajstić information content (AvgIpc) is 3.28. The number of amides is 1. The monoisotopic (exact) mass is 563 g/mol. The molecule has 2 atom stereocenters. The SMILES string of the molecule is NC(=O)[C@@H]1CC(F)(F)CC[C@H]1c1nn(-c2ccc(F)cn2)c(CO)c1-c1ccc(N2CCS(=O)(=O)CC2)cc1. The fourth-order valence-corrected chi connectivity index (χ4v) is 6.65. The topological polar surface area (TPSA) is 131 Å². The predicted octanol–water partition coefficient (Wildman–Crippen LogP) is 2.80. The maximum Gasteiger partial charge on any atom is 0.249 e. The van der Waals surface area contributed by atoms with E-state index in [1.807, 2.05) is 17.0 Å². The van der Waals surface area contributed by atoms with Crippen molar-refractivity contribution in [2.75, 3.05) is 29.5 Å². The Bertz CT molecular complexity index is 1460. The van der Waals surface area contributed by atoms with Gasteiger partial charge in [-0.05, 0) is 36.2 Å². The lowest BCUT2D eigenvalue weighted by molar-refractivity contribution is -0.130. The molecule has 1 aromatic carbocycles. The number of sulfone groups is 1. The Morgan fingerprint density at radius 3 is 2.41 bits per heavy atom. The Labute approximate surface area is 223 Å². The van der Waals surface area contributed by atoms with E-state index in [-0.39, 0.29) is 23.7 Å². The highest BCUT2D eigenvalue weighted by molar-refractivity contribution is 7.91. The molecule has 1 aliphatic carbocycles. The van der Waals surface area contributed by atoms with E-state index in [4.69, 9.17) is 5.73 Å². The van der Waals surface area contributed by atoms with Crippen LogP contribution in [0.2, 0.25) is 0 Å². The van der Waals surface area contributed by atoms with Crippen LogP contribution in [0.5, 0.6) is 0 Å². The molecule has 9 nitrogen and oxygen atoms in total. The predicted molar refractivity (Wildman–Crippen MR) is 138 cm³/mol. The Kier molecular flexibility index (Phi) is 7.14. The number of pyridine rings is 1. The summed E-state index contributed by atoms with van der Waals surface area (Å²) in [4.78, 5) is 18.3. The van der Waals surface area contributed by atoms with Crippen LogP contribution in [0.25, 0.3) is 16.9 Å².